The Hall–Kier alpha value is -3.28. The molecule has 6 rings (SSSR count). The highest BCUT2D eigenvalue weighted by Crippen LogP contribution is 2.61. The van der Waals surface area contributed by atoms with Gasteiger partial charge in [-0.25, -0.2) is 0 Å². The van der Waals surface area contributed by atoms with Gasteiger partial charge < -0.3 is 16.4 Å². The van der Waals surface area contributed by atoms with E-state index in [2.05, 4.69) is 191 Å². The van der Waals surface area contributed by atoms with Gasteiger partial charge in [-0.05, 0) is 178 Å². The van der Waals surface area contributed by atoms with Crippen molar-refractivity contribution in [2.24, 2.45) is 4.99 Å². The standard InChI is InChI=1S/C23H30N2.C18H23N.C5H9NO.Cl3OP/c1-16-15-21(25-22-8-6-7-13-24-22)17(2)14-20(16)18-9-11-19(12-10-18)23(3,4)5;1-12-11-17(19)13(2)10-16(12)14-6-8-15(9-7-14)18(3,4)5;7-5-3-1-2-4-6-5;1-5(2,3)4/h9-12,14-15H,6-8,13H2,1-5H3,(H,24,25);6-11H,19H2,1-5H3;1-4H2,(H,6,7);. The number of nitrogens with zero attached hydrogens (tertiary/aromatic N) is 1. The van der Waals surface area contributed by atoms with E-state index in [1.54, 1.807) is 0 Å². The SMILES string of the molecule is Cc1cc(-c2ccc(C(C)(C)C)cc2)c(C)cc1N.Cc1cc(-c2ccc(C(C)(C)C)cc2)c(C)cc1NC1=NCCCC1.O=C1CCCCN1.O=P(Cl)(Cl)Cl. The van der Waals surface area contributed by atoms with Crippen molar-refractivity contribution in [2.45, 2.75) is 119 Å². The topological polar surface area (TPSA) is 96.6 Å². The highest BCUT2D eigenvalue weighted by molar-refractivity contribution is 8.24. The summed E-state index contributed by atoms with van der Waals surface area (Å²) in [5, 5.41) is 3.07. The van der Waals surface area contributed by atoms with Crippen LogP contribution in [0.2, 0.25) is 0 Å². The number of piperidine rings is 1. The molecule has 6 nitrogen and oxygen atoms in total. The summed E-state index contributed by atoms with van der Waals surface area (Å²) in [7, 11) is 0. The van der Waals surface area contributed by atoms with Gasteiger partial charge in [-0.15, -0.1) is 0 Å². The van der Waals surface area contributed by atoms with E-state index in [9.17, 15) is 9.36 Å². The van der Waals surface area contributed by atoms with E-state index in [4.69, 9.17) is 5.73 Å². The van der Waals surface area contributed by atoms with Gasteiger partial charge in [0.05, 0.1) is 0 Å². The van der Waals surface area contributed by atoms with Crippen molar-refractivity contribution in [1.82, 2.24) is 5.32 Å². The summed E-state index contributed by atoms with van der Waals surface area (Å²) < 4.78 is 9.51. The van der Waals surface area contributed by atoms with Crippen molar-refractivity contribution in [3.8, 4) is 22.3 Å². The van der Waals surface area contributed by atoms with Crippen LogP contribution in [0, 0.1) is 27.7 Å². The average molecular weight is 840 g/mol. The quantitative estimate of drug-likeness (QED) is 0.141. The molecule has 2 aliphatic heterocycles. The lowest BCUT2D eigenvalue weighted by atomic mass is 9.86. The van der Waals surface area contributed by atoms with E-state index < -0.39 is 5.20 Å². The molecule has 4 aromatic carbocycles. The van der Waals surface area contributed by atoms with Crippen LogP contribution in [0.3, 0.4) is 0 Å². The molecule has 10 heteroatoms. The third-order valence-electron chi connectivity index (χ3n) is 9.86. The van der Waals surface area contributed by atoms with Crippen molar-refractivity contribution in [3.63, 3.8) is 0 Å². The molecule has 1 fully saturated rings. The van der Waals surface area contributed by atoms with Crippen LogP contribution in [0.15, 0.2) is 77.8 Å². The molecule has 0 radical (unpaired) electrons. The number of amides is 1. The predicted molar refractivity (Wildman–Crippen MR) is 246 cm³/mol. The molecule has 0 unspecified atom stereocenters. The molecule has 0 saturated carbocycles. The molecule has 0 aromatic heterocycles. The molecule has 0 spiro atoms. The van der Waals surface area contributed by atoms with Crippen LogP contribution in [0.1, 0.15) is 113 Å². The number of anilines is 2. The second-order valence-electron chi connectivity index (χ2n) is 16.8. The number of nitrogen functional groups attached to an aromatic ring is 1. The Labute approximate surface area is 351 Å². The first-order chi connectivity index (χ1) is 26.0. The number of halogens is 3. The first-order valence-electron chi connectivity index (χ1n) is 19.5. The van der Waals surface area contributed by atoms with E-state index in [-0.39, 0.29) is 16.7 Å². The minimum atomic E-state index is -3.22. The van der Waals surface area contributed by atoms with E-state index >= 15 is 0 Å². The van der Waals surface area contributed by atoms with Gasteiger partial charge in [0.25, 0.3) is 0 Å². The highest BCUT2D eigenvalue weighted by atomic mass is 36.0. The summed E-state index contributed by atoms with van der Waals surface area (Å²) in [6.45, 7) is 23.9. The van der Waals surface area contributed by atoms with Gasteiger partial charge in [0.1, 0.15) is 5.84 Å². The van der Waals surface area contributed by atoms with Crippen molar-refractivity contribution in [1.29, 1.82) is 0 Å². The largest absolute Gasteiger partial charge is 0.399 e. The molecule has 4 aromatic rings. The van der Waals surface area contributed by atoms with Crippen LogP contribution in [-0.4, -0.2) is 24.8 Å². The van der Waals surface area contributed by atoms with Crippen LogP contribution in [0.25, 0.3) is 22.3 Å². The molecule has 2 heterocycles. The number of aryl methyl sites for hydroxylation is 4. The maximum absolute atomic E-state index is 10.4. The number of hydrogen-bond acceptors (Lipinski definition) is 5. The average Bonchev–Trinajstić information content (AvgIpc) is 3.11. The van der Waals surface area contributed by atoms with Crippen LogP contribution in [0.4, 0.5) is 11.4 Å². The molecule has 0 aliphatic carbocycles. The lowest BCUT2D eigenvalue weighted by Crippen LogP contribution is -2.28. The fourth-order valence-electron chi connectivity index (χ4n) is 6.39. The molecule has 0 bridgehead atoms. The molecule has 56 heavy (non-hydrogen) atoms. The van der Waals surface area contributed by atoms with Gasteiger partial charge in [0.15, 0.2) is 0 Å². The highest BCUT2D eigenvalue weighted by Gasteiger charge is 2.16. The number of hydrogen-bond donors (Lipinski definition) is 3. The van der Waals surface area contributed by atoms with Crippen molar-refractivity contribution >= 4 is 62.0 Å². The van der Waals surface area contributed by atoms with Gasteiger partial charge in [-0.3, -0.25) is 14.4 Å². The third-order valence-corrected chi connectivity index (χ3v) is 9.86. The number of carbonyl (C=O) groups excluding carboxylic acids is 1. The first kappa shape index (κ1) is 47.1. The minimum Gasteiger partial charge on any atom is -0.399 e. The van der Waals surface area contributed by atoms with Crippen LogP contribution in [-0.2, 0) is 20.2 Å². The van der Waals surface area contributed by atoms with Crippen molar-refractivity contribution in [2.75, 3.05) is 24.1 Å². The molecular formula is C46H62Cl3N4O2P. The van der Waals surface area contributed by atoms with Crippen LogP contribution < -0.4 is 16.4 Å². The molecule has 2 aliphatic rings. The van der Waals surface area contributed by atoms with Gasteiger partial charge in [-0.1, -0.05) is 90.1 Å². The first-order valence-corrected chi connectivity index (χ1v) is 23.9. The molecule has 304 valence electrons. The zero-order chi connectivity index (χ0) is 41.8. The molecular weight excluding hydrogens is 778 g/mol. The summed E-state index contributed by atoms with van der Waals surface area (Å²) >= 11 is 13.8. The maximum atomic E-state index is 10.4. The van der Waals surface area contributed by atoms with Gasteiger partial charge in [0, 0.05) is 37.3 Å². The van der Waals surface area contributed by atoms with E-state index in [0.29, 0.717) is 0 Å². The van der Waals surface area contributed by atoms with E-state index in [1.165, 1.54) is 68.6 Å². The smallest absolute Gasteiger partial charge is 0.339 e. The fraction of sp³-hybridized carbons (Fsp3) is 0.435. The molecule has 1 amide bonds. The molecule has 4 N–H and O–H groups in total. The number of carbonyl (C=O) groups is 1. The fourth-order valence-corrected chi connectivity index (χ4v) is 6.39. The zero-order valence-electron chi connectivity index (χ0n) is 35.0. The third kappa shape index (κ3) is 15.9. The summed E-state index contributed by atoms with van der Waals surface area (Å²) in [6.07, 6.45) is 6.49. The van der Waals surface area contributed by atoms with Crippen molar-refractivity contribution < 1.29 is 9.36 Å². The summed E-state index contributed by atoms with van der Waals surface area (Å²) in [4.78, 5) is 15.0. The van der Waals surface area contributed by atoms with E-state index in [1.807, 2.05) is 0 Å². The maximum Gasteiger partial charge on any atom is 0.339 e. The molecule has 1 saturated heterocycles. The number of amidine groups is 1. The number of aliphatic imine (C=N–C) groups is 1. The monoisotopic (exact) mass is 838 g/mol. The second-order valence-corrected chi connectivity index (χ2v) is 23.4. The summed E-state index contributed by atoms with van der Waals surface area (Å²) in [6, 6.07) is 26.7. The Morgan fingerprint density at radius 1 is 0.661 bits per heavy atom. The number of nitrogens with two attached hydrogens (primary N) is 1. The van der Waals surface area contributed by atoms with Gasteiger partial charge in [-0.2, -0.15) is 0 Å². The van der Waals surface area contributed by atoms with Gasteiger partial charge >= 0.3 is 5.20 Å². The lowest BCUT2D eigenvalue weighted by molar-refractivity contribution is -0.122. The number of nitrogens with one attached hydrogen (secondary N) is 2. The lowest BCUT2D eigenvalue weighted by Gasteiger charge is -2.20. The normalized spacial score (nSPS) is 14.4. The Morgan fingerprint density at radius 2 is 1.12 bits per heavy atom. The molecule has 0 atom stereocenters. The Morgan fingerprint density at radius 3 is 1.52 bits per heavy atom. The number of rotatable bonds is 3. The predicted octanol–water partition coefficient (Wildman–Crippen LogP) is 14.2. The Balaban J connectivity index is 0.000000237. The van der Waals surface area contributed by atoms with Crippen LogP contribution >= 0.6 is 38.9 Å². The van der Waals surface area contributed by atoms with Crippen molar-refractivity contribution in [3.05, 3.63) is 106 Å². The zero-order valence-corrected chi connectivity index (χ0v) is 38.2. The van der Waals surface area contributed by atoms with E-state index in [0.717, 1.165) is 55.9 Å². The van der Waals surface area contributed by atoms with Gasteiger partial charge in [0.2, 0.25) is 5.91 Å². The second kappa shape index (κ2) is 20.9. The minimum absolute atomic E-state index is 0.192. The van der Waals surface area contributed by atoms with Crippen LogP contribution in [0.5, 0.6) is 0 Å². The Kier molecular flexibility index (Phi) is 17.6. The summed E-state index contributed by atoms with van der Waals surface area (Å²) in [5.74, 6) is 1.35. The number of benzene rings is 4. The summed E-state index contributed by atoms with van der Waals surface area (Å²) in [5.41, 5.74) is 21.2. The Bertz CT molecular complexity index is 1980.